The number of aromatic nitrogens is 1. The van der Waals surface area contributed by atoms with Crippen LogP contribution in [0.25, 0.3) is 11.1 Å². The van der Waals surface area contributed by atoms with Gasteiger partial charge in [0.15, 0.2) is 5.76 Å². The molecule has 2 aromatic carbocycles. The summed E-state index contributed by atoms with van der Waals surface area (Å²) in [5.74, 6) is 0.394. The predicted octanol–water partition coefficient (Wildman–Crippen LogP) is 4.40. The molecule has 0 spiro atoms. The molecule has 1 amide bonds. The number of anilines is 2. The molecule has 0 saturated carbocycles. The van der Waals surface area contributed by atoms with Crippen LogP contribution in [0.4, 0.5) is 11.4 Å². The van der Waals surface area contributed by atoms with Gasteiger partial charge in [-0.15, -0.1) is 0 Å². The fourth-order valence-corrected chi connectivity index (χ4v) is 3.27. The number of halogens is 1. The Balaban J connectivity index is 1.96. The van der Waals surface area contributed by atoms with Crippen LogP contribution in [0.2, 0.25) is 5.02 Å². The van der Waals surface area contributed by atoms with Gasteiger partial charge in [-0.1, -0.05) is 22.8 Å². The van der Waals surface area contributed by atoms with Gasteiger partial charge >= 0.3 is 0 Å². The average molecular weight is 350 g/mol. The standard InChI is InChI=1S/C19H12ClN3O2/c1-11-19-15-7-4-13(20)8-16(15)23(18(24)9-17(19)25-22-11)14-5-2-12(10-21)3-6-14/h2-8H,9H2,1H3. The summed E-state index contributed by atoms with van der Waals surface area (Å²) in [7, 11) is 0. The lowest BCUT2D eigenvalue weighted by Crippen LogP contribution is -2.26. The lowest BCUT2D eigenvalue weighted by atomic mass is 10.0. The molecule has 0 N–H and O–H groups in total. The average Bonchev–Trinajstić information content (AvgIpc) is 2.90. The van der Waals surface area contributed by atoms with Crippen molar-refractivity contribution in [1.82, 2.24) is 5.16 Å². The molecule has 122 valence electrons. The van der Waals surface area contributed by atoms with Gasteiger partial charge < -0.3 is 4.52 Å². The highest BCUT2D eigenvalue weighted by Crippen LogP contribution is 2.42. The number of nitrogens with zero attached hydrogens (tertiary/aromatic N) is 3. The van der Waals surface area contributed by atoms with Gasteiger partial charge in [0, 0.05) is 16.3 Å². The van der Waals surface area contributed by atoms with Gasteiger partial charge in [0.25, 0.3) is 0 Å². The van der Waals surface area contributed by atoms with Crippen LogP contribution in [-0.4, -0.2) is 11.1 Å². The van der Waals surface area contributed by atoms with Crippen molar-refractivity contribution in [3.63, 3.8) is 0 Å². The number of rotatable bonds is 1. The van der Waals surface area contributed by atoms with Crippen LogP contribution in [0, 0.1) is 18.3 Å². The van der Waals surface area contributed by atoms with Crippen LogP contribution < -0.4 is 4.90 Å². The van der Waals surface area contributed by atoms with Crippen molar-refractivity contribution in [2.45, 2.75) is 13.3 Å². The second-order valence-electron chi connectivity index (χ2n) is 5.79. The second kappa shape index (κ2) is 5.76. The highest BCUT2D eigenvalue weighted by molar-refractivity contribution is 6.31. The maximum absolute atomic E-state index is 12.9. The molecular formula is C19H12ClN3O2. The SMILES string of the molecule is Cc1noc2c1-c1ccc(Cl)cc1N(c1ccc(C#N)cc1)C(=O)C2. The molecule has 1 aromatic heterocycles. The second-order valence-corrected chi connectivity index (χ2v) is 6.23. The monoisotopic (exact) mass is 349 g/mol. The minimum absolute atomic E-state index is 0.0997. The maximum atomic E-state index is 12.9. The summed E-state index contributed by atoms with van der Waals surface area (Å²) in [6, 6.07) is 14.4. The third-order valence-electron chi connectivity index (χ3n) is 4.22. The van der Waals surface area contributed by atoms with E-state index in [1.165, 1.54) is 0 Å². The van der Waals surface area contributed by atoms with E-state index in [1.54, 1.807) is 41.3 Å². The number of carbonyl (C=O) groups is 1. The van der Waals surface area contributed by atoms with E-state index < -0.39 is 0 Å². The third-order valence-corrected chi connectivity index (χ3v) is 4.45. The smallest absolute Gasteiger partial charge is 0.239 e. The Labute approximate surface area is 149 Å². The lowest BCUT2D eigenvalue weighted by molar-refractivity contribution is -0.117. The lowest BCUT2D eigenvalue weighted by Gasteiger charge is -2.23. The molecule has 1 aliphatic heterocycles. The molecule has 0 aliphatic carbocycles. The number of hydrogen-bond donors (Lipinski definition) is 0. The summed E-state index contributed by atoms with van der Waals surface area (Å²) in [4.78, 5) is 14.6. The summed E-state index contributed by atoms with van der Waals surface area (Å²) in [5.41, 5.74) is 4.28. The van der Waals surface area contributed by atoms with Gasteiger partial charge in [0.1, 0.15) is 0 Å². The molecule has 6 heteroatoms. The molecule has 0 unspecified atom stereocenters. The normalized spacial score (nSPS) is 13.0. The molecule has 1 aliphatic rings. The minimum atomic E-state index is -0.150. The van der Waals surface area contributed by atoms with Gasteiger partial charge in [-0.25, -0.2) is 0 Å². The van der Waals surface area contributed by atoms with Crippen LogP contribution in [0.1, 0.15) is 17.0 Å². The zero-order chi connectivity index (χ0) is 17.6. The minimum Gasteiger partial charge on any atom is -0.360 e. The molecule has 5 nitrogen and oxygen atoms in total. The number of benzene rings is 2. The molecular weight excluding hydrogens is 338 g/mol. The third kappa shape index (κ3) is 2.48. The molecule has 0 radical (unpaired) electrons. The Hall–Kier alpha value is -3.10. The molecule has 0 bridgehead atoms. The van der Waals surface area contributed by atoms with Gasteiger partial charge in [0.2, 0.25) is 5.91 Å². The highest BCUT2D eigenvalue weighted by atomic mass is 35.5. The summed E-state index contributed by atoms with van der Waals surface area (Å²) >= 11 is 6.20. The summed E-state index contributed by atoms with van der Waals surface area (Å²) in [6.07, 6.45) is 0.0997. The van der Waals surface area contributed by atoms with Crippen molar-refractivity contribution in [2.24, 2.45) is 0 Å². The van der Waals surface area contributed by atoms with Gasteiger partial charge in [-0.3, -0.25) is 9.69 Å². The molecule has 4 rings (SSSR count). The van der Waals surface area contributed by atoms with Crippen molar-refractivity contribution in [1.29, 1.82) is 5.26 Å². The predicted molar refractivity (Wildman–Crippen MR) is 93.7 cm³/mol. The van der Waals surface area contributed by atoms with Crippen LogP contribution in [-0.2, 0) is 11.2 Å². The van der Waals surface area contributed by atoms with E-state index in [0.717, 1.165) is 16.8 Å². The Morgan fingerprint density at radius 3 is 2.72 bits per heavy atom. The Kier molecular flexibility index (Phi) is 3.56. The quantitative estimate of drug-likeness (QED) is 0.653. The first-order valence-corrected chi connectivity index (χ1v) is 8.04. The largest absolute Gasteiger partial charge is 0.360 e. The molecule has 0 fully saturated rings. The first-order chi connectivity index (χ1) is 12.1. The van der Waals surface area contributed by atoms with Crippen LogP contribution >= 0.6 is 11.6 Å². The summed E-state index contributed by atoms with van der Waals surface area (Å²) in [6.45, 7) is 1.85. The van der Waals surface area contributed by atoms with Crippen LogP contribution in [0.3, 0.4) is 0 Å². The zero-order valence-corrected chi connectivity index (χ0v) is 14.0. The van der Waals surface area contributed by atoms with E-state index in [0.29, 0.717) is 27.7 Å². The Morgan fingerprint density at radius 2 is 2.00 bits per heavy atom. The van der Waals surface area contributed by atoms with E-state index in [4.69, 9.17) is 21.4 Å². The van der Waals surface area contributed by atoms with E-state index in [9.17, 15) is 4.79 Å². The first kappa shape index (κ1) is 15.4. The highest BCUT2D eigenvalue weighted by Gasteiger charge is 2.31. The number of fused-ring (bicyclic) bond motifs is 3. The molecule has 0 saturated heterocycles. The molecule has 25 heavy (non-hydrogen) atoms. The van der Waals surface area contributed by atoms with Gasteiger partial charge in [-0.2, -0.15) is 5.26 Å². The topological polar surface area (TPSA) is 70.1 Å². The fourth-order valence-electron chi connectivity index (χ4n) is 3.10. The van der Waals surface area contributed by atoms with Crippen LogP contribution in [0.15, 0.2) is 47.0 Å². The van der Waals surface area contributed by atoms with Crippen molar-refractivity contribution < 1.29 is 9.32 Å². The maximum Gasteiger partial charge on any atom is 0.239 e. The number of aryl methyl sites for hydroxylation is 1. The fraction of sp³-hybridized carbons (Fsp3) is 0.105. The van der Waals surface area contributed by atoms with Gasteiger partial charge in [0.05, 0.1) is 35.0 Å². The van der Waals surface area contributed by atoms with Crippen molar-refractivity contribution >= 4 is 28.9 Å². The van der Waals surface area contributed by atoms with Crippen molar-refractivity contribution in [3.8, 4) is 17.2 Å². The summed E-state index contributed by atoms with van der Waals surface area (Å²) in [5, 5.41) is 13.5. The van der Waals surface area contributed by atoms with Crippen molar-refractivity contribution in [3.05, 3.63) is 64.5 Å². The molecule has 2 heterocycles. The number of carbonyl (C=O) groups excluding carboxylic acids is 1. The first-order valence-electron chi connectivity index (χ1n) is 7.66. The molecule has 0 atom stereocenters. The van der Waals surface area contributed by atoms with E-state index in [1.807, 2.05) is 13.0 Å². The van der Waals surface area contributed by atoms with E-state index in [2.05, 4.69) is 11.2 Å². The Morgan fingerprint density at radius 1 is 1.24 bits per heavy atom. The molecule has 3 aromatic rings. The van der Waals surface area contributed by atoms with Crippen LogP contribution in [0.5, 0.6) is 0 Å². The van der Waals surface area contributed by atoms with Gasteiger partial charge in [-0.05, 0) is 43.3 Å². The summed E-state index contributed by atoms with van der Waals surface area (Å²) < 4.78 is 5.37. The number of hydrogen-bond acceptors (Lipinski definition) is 4. The Bertz CT molecular complexity index is 1030. The van der Waals surface area contributed by atoms with E-state index in [-0.39, 0.29) is 12.3 Å². The number of nitriles is 1. The van der Waals surface area contributed by atoms with Crippen molar-refractivity contribution in [2.75, 3.05) is 4.90 Å². The number of amides is 1. The van der Waals surface area contributed by atoms with E-state index >= 15 is 0 Å². The zero-order valence-electron chi connectivity index (χ0n) is 13.3.